The first-order valence-corrected chi connectivity index (χ1v) is 9.31. The molecule has 6 aliphatic rings. The number of carbonyl (C=O) groups is 2. The number of hydrogen-bond acceptors (Lipinski definition) is 2. The van der Waals surface area contributed by atoms with Crippen molar-refractivity contribution in [2.24, 2.45) is 47.3 Å². The molecule has 0 unspecified atom stereocenters. The maximum absolute atomic E-state index is 12.9. The number of carboxylic acids is 1. The number of amides is 1. The second-order valence-corrected chi connectivity index (χ2v) is 8.80. The topological polar surface area (TPSA) is 66.4 Å². The van der Waals surface area contributed by atoms with Crippen LogP contribution in [0.3, 0.4) is 0 Å². The Hall–Kier alpha value is -1.32. The molecule has 5 fully saturated rings. The first kappa shape index (κ1) is 14.1. The van der Waals surface area contributed by atoms with Crippen molar-refractivity contribution < 1.29 is 14.7 Å². The van der Waals surface area contributed by atoms with Crippen molar-refractivity contribution in [2.45, 2.75) is 44.6 Å². The molecule has 124 valence electrons. The third-order valence-electron chi connectivity index (χ3n) is 7.58. The van der Waals surface area contributed by atoms with Gasteiger partial charge in [0.25, 0.3) is 0 Å². The van der Waals surface area contributed by atoms with Crippen molar-refractivity contribution >= 4 is 11.9 Å². The number of carbonyl (C=O) groups excluding carboxylic acids is 1. The minimum absolute atomic E-state index is 0.0201. The quantitative estimate of drug-likeness (QED) is 0.786. The van der Waals surface area contributed by atoms with Gasteiger partial charge in [-0.25, -0.2) is 0 Å². The van der Waals surface area contributed by atoms with Gasteiger partial charge in [-0.15, -0.1) is 0 Å². The molecule has 6 rings (SSSR count). The molecule has 6 aliphatic carbocycles. The normalized spacial score (nSPS) is 52.1. The largest absolute Gasteiger partial charge is 0.481 e. The fraction of sp³-hybridized carbons (Fsp3) is 0.789. The van der Waals surface area contributed by atoms with E-state index < -0.39 is 11.9 Å². The molecule has 0 heterocycles. The van der Waals surface area contributed by atoms with E-state index in [0.29, 0.717) is 17.9 Å². The number of nitrogens with one attached hydrogen (secondary N) is 1. The van der Waals surface area contributed by atoms with Crippen molar-refractivity contribution in [1.82, 2.24) is 5.32 Å². The van der Waals surface area contributed by atoms with E-state index in [9.17, 15) is 14.7 Å². The van der Waals surface area contributed by atoms with Gasteiger partial charge in [0.15, 0.2) is 0 Å². The number of hydrogen-bond donors (Lipinski definition) is 2. The summed E-state index contributed by atoms with van der Waals surface area (Å²) < 4.78 is 0. The van der Waals surface area contributed by atoms with Crippen LogP contribution in [0.4, 0.5) is 0 Å². The van der Waals surface area contributed by atoms with Crippen molar-refractivity contribution in [1.29, 1.82) is 0 Å². The Bertz CT molecular complexity index is 555. The van der Waals surface area contributed by atoms with Gasteiger partial charge in [0.05, 0.1) is 11.8 Å². The average molecular weight is 315 g/mol. The maximum atomic E-state index is 12.9. The van der Waals surface area contributed by atoms with Crippen LogP contribution in [0.5, 0.6) is 0 Å². The van der Waals surface area contributed by atoms with Crippen LogP contribution in [0.2, 0.25) is 0 Å². The van der Waals surface area contributed by atoms with Gasteiger partial charge < -0.3 is 10.4 Å². The Labute approximate surface area is 136 Å². The SMILES string of the molecule is O=C(O)[C@@H]1[C@@H](C(=O)NC2C3CC4CC(C3)CC2C4)[C@H]2C=C[C@H]1C2. The third-order valence-corrected chi connectivity index (χ3v) is 7.58. The molecule has 2 N–H and O–H groups in total. The van der Waals surface area contributed by atoms with Gasteiger partial charge in [0, 0.05) is 6.04 Å². The molecule has 0 aromatic rings. The lowest BCUT2D eigenvalue weighted by Gasteiger charge is -2.54. The van der Waals surface area contributed by atoms with E-state index in [1.807, 2.05) is 6.08 Å². The zero-order valence-corrected chi connectivity index (χ0v) is 13.4. The molecule has 0 spiro atoms. The Morgan fingerprint density at radius 1 is 0.826 bits per heavy atom. The smallest absolute Gasteiger partial charge is 0.307 e. The van der Waals surface area contributed by atoms with E-state index in [1.165, 1.54) is 32.1 Å². The Kier molecular flexibility index (Phi) is 2.96. The highest BCUT2D eigenvalue weighted by molar-refractivity contribution is 5.87. The zero-order chi connectivity index (χ0) is 15.7. The van der Waals surface area contributed by atoms with Gasteiger partial charge in [0.1, 0.15) is 0 Å². The van der Waals surface area contributed by atoms with Crippen molar-refractivity contribution in [2.75, 3.05) is 0 Å². The van der Waals surface area contributed by atoms with Crippen LogP contribution in [0, 0.1) is 47.3 Å². The summed E-state index contributed by atoms with van der Waals surface area (Å²) in [7, 11) is 0. The van der Waals surface area contributed by atoms with Crippen molar-refractivity contribution in [3.8, 4) is 0 Å². The van der Waals surface area contributed by atoms with E-state index in [-0.39, 0.29) is 23.7 Å². The van der Waals surface area contributed by atoms with E-state index >= 15 is 0 Å². The fourth-order valence-electron chi connectivity index (χ4n) is 6.94. The number of aliphatic carboxylic acids is 1. The summed E-state index contributed by atoms with van der Waals surface area (Å²) in [6, 6.07) is 0.313. The Morgan fingerprint density at radius 2 is 1.39 bits per heavy atom. The molecule has 23 heavy (non-hydrogen) atoms. The molecule has 0 aliphatic heterocycles. The third kappa shape index (κ3) is 2.03. The molecule has 0 saturated heterocycles. The molecule has 4 atom stereocenters. The minimum Gasteiger partial charge on any atom is -0.481 e. The van der Waals surface area contributed by atoms with Gasteiger partial charge in [-0.2, -0.15) is 0 Å². The van der Waals surface area contributed by atoms with Gasteiger partial charge in [-0.05, 0) is 74.0 Å². The fourth-order valence-corrected chi connectivity index (χ4v) is 6.94. The van der Waals surface area contributed by atoms with Crippen LogP contribution < -0.4 is 5.32 Å². The number of carboxylic acid groups (broad SMARTS) is 1. The van der Waals surface area contributed by atoms with E-state index in [4.69, 9.17) is 0 Å². The van der Waals surface area contributed by atoms with Crippen molar-refractivity contribution in [3.05, 3.63) is 12.2 Å². The predicted octanol–water partition coefficient (Wildman–Crippen LogP) is 2.45. The minimum atomic E-state index is -0.799. The molecular formula is C19H25NO3. The second kappa shape index (κ2) is 4.84. The first-order valence-electron chi connectivity index (χ1n) is 9.31. The molecule has 0 radical (unpaired) electrons. The summed E-state index contributed by atoms with van der Waals surface area (Å²) in [5, 5.41) is 12.9. The molecule has 0 aromatic heterocycles. The summed E-state index contributed by atoms with van der Waals surface area (Å²) >= 11 is 0. The summed E-state index contributed by atoms with van der Waals surface area (Å²) in [6.45, 7) is 0. The summed E-state index contributed by atoms with van der Waals surface area (Å²) in [5.41, 5.74) is 0. The van der Waals surface area contributed by atoms with Crippen LogP contribution in [0.1, 0.15) is 38.5 Å². The second-order valence-electron chi connectivity index (χ2n) is 8.80. The molecular weight excluding hydrogens is 290 g/mol. The molecule has 6 bridgehead atoms. The molecule has 4 heteroatoms. The van der Waals surface area contributed by atoms with Crippen LogP contribution in [0.25, 0.3) is 0 Å². The van der Waals surface area contributed by atoms with Gasteiger partial charge in [-0.3, -0.25) is 9.59 Å². The van der Waals surface area contributed by atoms with Crippen LogP contribution in [-0.2, 0) is 9.59 Å². The van der Waals surface area contributed by atoms with E-state index in [1.54, 1.807) is 0 Å². The predicted molar refractivity (Wildman–Crippen MR) is 84.3 cm³/mol. The lowest BCUT2D eigenvalue weighted by molar-refractivity contribution is -0.148. The van der Waals surface area contributed by atoms with Gasteiger partial charge in [-0.1, -0.05) is 12.2 Å². The lowest BCUT2D eigenvalue weighted by atomic mass is 9.54. The van der Waals surface area contributed by atoms with Crippen LogP contribution >= 0.6 is 0 Å². The monoisotopic (exact) mass is 315 g/mol. The summed E-state index contributed by atoms with van der Waals surface area (Å²) in [4.78, 5) is 24.6. The molecule has 0 aromatic carbocycles. The highest BCUT2D eigenvalue weighted by Gasteiger charge is 2.54. The maximum Gasteiger partial charge on any atom is 0.307 e. The zero-order valence-electron chi connectivity index (χ0n) is 13.4. The summed E-state index contributed by atoms with van der Waals surface area (Å²) in [5.74, 6) is 1.64. The first-order chi connectivity index (χ1) is 11.1. The van der Waals surface area contributed by atoms with Gasteiger partial charge >= 0.3 is 5.97 Å². The Morgan fingerprint density at radius 3 is 1.96 bits per heavy atom. The van der Waals surface area contributed by atoms with Crippen molar-refractivity contribution in [3.63, 3.8) is 0 Å². The molecule has 5 saturated carbocycles. The van der Waals surface area contributed by atoms with Crippen LogP contribution in [0.15, 0.2) is 12.2 Å². The number of rotatable bonds is 3. The lowest BCUT2D eigenvalue weighted by Crippen LogP contribution is -2.57. The standard InChI is InChI=1S/C19H25NO3/c21-18(15-11-1-2-12(8-11)16(15)19(22)23)20-17-13-4-9-3-10(6-13)7-14(17)5-9/h1-2,9-17H,3-8H2,(H,20,21)(H,22,23)/t9?,10?,11-,12-,13?,14?,15-,16-,17?/m0/s1. The number of allylic oxidation sites excluding steroid dienone is 2. The Balaban J connectivity index is 1.34. The molecule has 1 amide bonds. The van der Waals surface area contributed by atoms with E-state index in [0.717, 1.165) is 18.3 Å². The highest BCUT2D eigenvalue weighted by Crippen LogP contribution is 2.54. The average Bonchev–Trinajstić information content (AvgIpc) is 3.10. The molecule has 4 nitrogen and oxygen atoms in total. The highest BCUT2D eigenvalue weighted by atomic mass is 16.4. The van der Waals surface area contributed by atoms with Crippen LogP contribution in [-0.4, -0.2) is 23.0 Å². The number of fused-ring (bicyclic) bond motifs is 2. The van der Waals surface area contributed by atoms with E-state index in [2.05, 4.69) is 11.4 Å². The van der Waals surface area contributed by atoms with Gasteiger partial charge in [0.2, 0.25) is 5.91 Å². The summed E-state index contributed by atoms with van der Waals surface area (Å²) in [6.07, 6.45) is 11.4.